The van der Waals surface area contributed by atoms with Crippen LogP contribution in [-0.4, -0.2) is 4.98 Å². The number of aromatic amines is 1. The molecule has 1 rings (SSSR count). The lowest BCUT2D eigenvalue weighted by Crippen LogP contribution is -1.94. The minimum Gasteiger partial charge on any atom is -0.364 e. The normalized spacial score (nSPS) is 8.12. The Hall–Kier alpha value is -0.760. The lowest BCUT2D eigenvalue weighted by Gasteiger charge is -1.82. The Morgan fingerprint density at radius 1 is 1.62 bits per heavy atom. The Morgan fingerprint density at radius 2 is 2.38 bits per heavy atom. The van der Waals surface area contributed by atoms with Gasteiger partial charge in [-0.25, -0.2) is 0 Å². The molecule has 0 aliphatic carbocycles. The molecule has 8 heavy (non-hydrogen) atoms. The summed E-state index contributed by atoms with van der Waals surface area (Å²) >= 11 is 0. The summed E-state index contributed by atoms with van der Waals surface area (Å²) in [6, 6.07) is 3.89. The third-order valence-electron chi connectivity index (χ3n) is 0.882. The van der Waals surface area contributed by atoms with Crippen LogP contribution in [0.15, 0.2) is 18.3 Å². The molecule has 1 aromatic heterocycles. The summed E-state index contributed by atoms with van der Waals surface area (Å²) < 4.78 is 0. The molecule has 0 aliphatic heterocycles. The predicted molar refractivity (Wildman–Crippen MR) is 35.4 cm³/mol. The molecule has 1 aromatic rings. The fourth-order valence-corrected chi connectivity index (χ4v) is 0.494. The zero-order valence-electron chi connectivity index (χ0n) is 4.02. The first-order chi connectivity index (χ1) is 3.43. The smallest absolute Gasteiger partial charge is 0.0332 e. The number of rotatable bonds is 1. The van der Waals surface area contributed by atoms with Crippen LogP contribution in [-0.2, 0) is 6.54 Å². The fraction of sp³-hybridized carbons (Fsp3) is 0.333. The summed E-state index contributed by atoms with van der Waals surface area (Å²) in [5.74, 6) is 0. The Labute approximate surface area is 49.7 Å². The van der Waals surface area contributed by atoms with Crippen LogP contribution in [0.4, 0.5) is 0 Å². The molecule has 0 fully saturated rings. The van der Waals surface area contributed by atoms with E-state index < -0.39 is 0 Å². The van der Waals surface area contributed by atoms with Crippen molar-refractivity contribution in [3.8, 4) is 0 Å². The van der Waals surface area contributed by atoms with Crippen molar-refractivity contribution in [2.75, 3.05) is 0 Å². The molecule has 0 bridgehead atoms. The topological polar surface area (TPSA) is 41.8 Å². The molecule has 1 heterocycles. The number of aromatic nitrogens is 1. The maximum atomic E-state index is 5.26. The van der Waals surface area contributed by atoms with Crippen molar-refractivity contribution in [2.24, 2.45) is 5.73 Å². The van der Waals surface area contributed by atoms with Gasteiger partial charge in [-0.1, -0.05) is 7.43 Å². The zero-order chi connectivity index (χ0) is 5.11. The minimum absolute atomic E-state index is 0. The molecule has 2 heteroatoms. The van der Waals surface area contributed by atoms with Gasteiger partial charge < -0.3 is 10.7 Å². The van der Waals surface area contributed by atoms with Crippen LogP contribution in [0.3, 0.4) is 0 Å². The molecule has 0 amide bonds. The van der Waals surface area contributed by atoms with E-state index in [4.69, 9.17) is 5.73 Å². The van der Waals surface area contributed by atoms with Gasteiger partial charge in [0, 0.05) is 18.4 Å². The second-order valence-corrected chi connectivity index (χ2v) is 1.40. The van der Waals surface area contributed by atoms with Crippen molar-refractivity contribution in [1.29, 1.82) is 0 Å². The second kappa shape index (κ2) is 3.27. The zero-order valence-corrected chi connectivity index (χ0v) is 4.02. The van der Waals surface area contributed by atoms with Gasteiger partial charge in [-0.2, -0.15) is 0 Å². The largest absolute Gasteiger partial charge is 0.364 e. The van der Waals surface area contributed by atoms with Gasteiger partial charge in [0.15, 0.2) is 0 Å². The van der Waals surface area contributed by atoms with Gasteiger partial charge >= 0.3 is 0 Å². The molecule has 0 radical (unpaired) electrons. The van der Waals surface area contributed by atoms with Gasteiger partial charge in [0.25, 0.3) is 0 Å². The van der Waals surface area contributed by atoms with Gasteiger partial charge in [0.2, 0.25) is 0 Å². The van der Waals surface area contributed by atoms with E-state index >= 15 is 0 Å². The quantitative estimate of drug-likeness (QED) is 0.561. The van der Waals surface area contributed by atoms with E-state index in [2.05, 4.69) is 4.98 Å². The van der Waals surface area contributed by atoms with E-state index in [1.165, 1.54) is 0 Å². The molecule has 0 spiro atoms. The standard InChI is InChI=1S/C5H8N2.CH4/c6-4-5-2-1-3-7-5;/h1-3,7H,4,6H2;1H4. The first-order valence-electron chi connectivity index (χ1n) is 2.26. The highest BCUT2D eigenvalue weighted by molar-refractivity contribution is 5.02. The molecule has 0 atom stereocenters. The van der Waals surface area contributed by atoms with E-state index in [1.807, 2.05) is 18.3 Å². The van der Waals surface area contributed by atoms with E-state index in [0.717, 1.165) is 5.69 Å². The van der Waals surface area contributed by atoms with Crippen LogP contribution >= 0.6 is 0 Å². The molecular formula is C6H12N2. The van der Waals surface area contributed by atoms with Crippen molar-refractivity contribution in [3.05, 3.63) is 24.0 Å². The summed E-state index contributed by atoms with van der Waals surface area (Å²) in [4.78, 5) is 2.96. The molecule has 0 saturated carbocycles. The lowest BCUT2D eigenvalue weighted by molar-refractivity contribution is 1.01. The summed E-state index contributed by atoms with van der Waals surface area (Å²) in [5.41, 5.74) is 6.35. The molecular weight excluding hydrogens is 100 g/mol. The highest BCUT2D eigenvalue weighted by Gasteiger charge is 1.81. The third kappa shape index (κ3) is 1.39. The highest BCUT2D eigenvalue weighted by Crippen LogP contribution is 1.88. The second-order valence-electron chi connectivity index (χ2n) is 1.40. The van der Waals surface area contributed by atoms with Gasteiger partial charge in [-0.3, -0.25) is 0 Å². The molecule has 0 aliphatic rings. The number of nitrogens with two attached hydrogens (primary N) is 1. The SMILES string of the molecule is C.NCc1ccc[nH]1. The molecule has 0 unspecified atom stereocenters. The molecule has 3 N–H and O–H groups in total. The number of H-pyrrole nitrogens is 1. The minimum atomic E-state index is 0. The average Bonchev–Trinajstić information content (AvgIpc) is 2.14. The first kappa shape index (κ1) is 7.24. The summed E-state index contributed by atoms with van der Waals surface area (Å²) in [6.07, 6.45) is 1.86. The predicted octanol–water partition coefficient (Wildman–Crippen LogP) is 1.11. The van der Waals surface area contributed by atoms with Crippen molar-refractivity contribution < 1.29 is 0 Å². The number of hydrogen-bond donors (Lipinski definition) is 2. The van der Waals surface area contributed by atoms with E-state index in [0.29, 0.717) is 6.54 Å². The van der Waals surface area contributed by atoms with Gasteiger partial charge in [-0.15, -0.1) is 0 Å². The van der Waals surface area contributed by atoms with Crippen LogP contribution in [0.25, 0.3) is 0 Å². The first-order valence-corrected chi connectivity index (χ1v) is 2.26. The Kier molecular flexibility index (Phi) is 2.96. The van der Waals surface area contributed by atoms with Crippen molar-refractivity contribution in [3.63, 3.8) is 0 Å². The van der Waals surface area contributed by atoms with Crippen LogP contribution in [0.1, 0.15) is 13.1 Å². The summed E-state index contributed by atoms with van der Waals surface area (Å²) in [6.45, 7) is 0.604. The maximum absolute atomic E-state index is 5.26. The van der Waals surface area contributed by atoms with Crippen LogP contribution in [0.2, 0.25) is 0 Å². The summed E-state index contributed by atoms with van der Waals surface area (Å²) in [7, 11) is 0. The maximum Gasteiger partial charge on any atom is 0.0332 e. The van der Waals surface area contributed by atoms with Crippen molar-refractivity contribution >= 4 is 0 Å². The van der Waals surface area contributed by atoms with Crippen LogP contribution in [0, 0.1) is 0 Å². The molecule has 0 saturated heterocycles. The highest BCUT2D eigenvalue weighted by atomic mass is 14.7. The summed E-state index contributed by atoms with van der Waals surface area (Å²) in [5, 5.41) is 0. The molecule has 2 nitrogen and oxygen atoms in total. The van der Waals surface area contributed by atoms with Crippen LogP contribution < -0.4 is 5.73 Å². The fourth-order valence-electron chi connectivity index (χ4n) is 0.494. The van der Waals surface area contributed by atoms with Gasteiger partial charge in [0.1, 0.15) is 0 Å². The third-order valence-corrected chi connectivity index (χ3v) is 0.882. The lowest BCUT2D eigenvalue weighted by atomic mass is 10.4. The number of hydrogen-bond acceptors (Lipinski definition) is 1. The number of nitrogens with one attached hydrogen (secondary N) is 1. The molecule has 46 valence electrons. The van der Waals surface area contributed by atoms with E-state index in [-0.39, 0.29) is 7.43 Å². The van der Waals surface area contributed by atoms with Crippen molar-refractivity contribution in [2.45, 2.75) is 14.0 Å². The molecule has 0 aromatic carbocycles. The van der Waals surface area contributed by atoms with E-state index in [9.17, 15) is 0 Å². The van der Waals surface area contributed by atoms with Crippen LogP contribution in [0.5, 0.6) is 0 Å². The Bertz CT molecular complexity index is 121. The van der Waals surface area contributed by atoms with Gasteiger partial charge in [-0.05, 0) is 12.1 Å². The monoisotopic (exact) mass is 112 g/mol. The average molecular weight is 112 g/mol. The van der Waals surface area contributed by atoms with Gasteiger partial charge in [0.05, 0.1) is 0 Å². The Morgan fingerprint density at radius 3 is 2.62 bits per heavy atom. The van der Waals surface area contributed by atoms with E-state index in [1.54, 1.807) is 0 Å². The Balaban J connectivity index is 0.000000490. The van der Waals surface area contributed by atoms with Crippen molar-refractivity contribution in [1.82, 2.24) is 4.98 Å².